The number of carbonyl (C=O) groups is 8. The molecule has 0 unspecified atom stereocenters. The molecular weight excluding hydrogens is 586 g/mol. The number of benzene rings is 1. The second-order valence-electron chi connectivity index (χ2n) is 9.95. The molecule has 5 amide bonds. The number of carboxylic acids is 3. The lowest BCUT2D eigenvalue weighted by molar-refractivity contribution is -0.142. The summed E-state index contributed by atoms with van der Waals surface area (Å²) in [5.41, 5.74) is 0.284. The van der Waals surface area contributed by atoms with E-state index in [0.29, 0.717) is 5.75 Å². The lowest BCUT2D eigenvalue weighted by Crippen LogP contribution is -2.59. The quantitative estimate of drug-likeness (QED) is 0.0985. The fourth-order valence-electron chi connectivity index (χ4n) is 3.78. The molecule has 242 valence electrons. The Labute approximate surface area is 252 Å². The van der Waals surface area contributed by atoms with Crippen molar-refractivity contribution in [3.63, 3.8) is 0 Å². The second kappa shape index (κ2) is 17.7. The van der Waals surface area contributed by atoms with E-state index in [2.05, 4.69) is 26.6 Å². The standard InChI is InChI=1S/C27H37N5O12/c1-13(2)23(27(43)31-19(12-22(38)39)25(41)29-15-5-7-16(44-4)8-6-15)32-24(40)17(9-10-20(34)35)30-26(42)18(11-21(36)37)28-14(3)33/h5-8,13,17-19,23H,9-12H2,1-4H3,(H,28,33)(H,29,41)(H,30,42)(H,31,43)(H,32,40)(H,34,35)(H,36,37)(H,38,39)/t17-,18-,19-,23-/m0/s1. The zero-order chi connectivity index (χ0) is 33.6. The van der Waals surface area contributed by atoms with Crippen molar-refractivity contribution in [2.75, 3.05) is 12.4 Å². The van der Waals surface area contributed by atoms with Gasteiger partial charge < -0.3 is 46.6 Å². The maximum absolute atomic E-state index is 13.2. The van der Waals surface area contributed by atoms with Crippen LogP contribution in [0.1, 0.15) is 46.5 Å². The van der Waals surface area contributed by atoms with Gasteiger partial charge in [-0.05, 0) is 36.6 Å². The minimum atomic E-state index is -1.59. The Hall–Kier alpha value is -5.22. The molecule has 1 rings (SSSR count). The van der Waals surface area contributed by atoms with Crippen LogP contribution in [-0.4, -0.2) is 94.0 Å². The average Bonchev–Trinajstić information content (AvgIpc) is 2.92. The van der Waals surface area contributed by atoms with E-state index in [1.54, 1.807) is 12.1 Å². The fraction of sp³-hybridized carbons (Fsp3) is 0.481. The number of aliphatic carboxylic acids is 3. The van der Waals surface area contributed by atoms with E-state index < -0.39 is 103 Å². The summed E-state index contributed by atoms with van der Waals surface area (Å²) in [5.74, 6) is -8.98. The number of ether oxygens (including phenoxy) is 1. The Balaban J connectivity index is 3.14. The SMILES string of the molecule is COc1ccc(NC(=O)[C@H](CC(=O)O)NC(=O)[C@@H](NC(=O)[C@H](CCC(=O)O)NC(=O)[C@H](CC(=O)O)NC(C)=O)C(C)C)cc1. The number of carboxylic acid groups (broad SMARTS) is 3. The Morgan fingerprint density at radius 1 is 0.682 bits per heavy atom. The molecule has 0 aliphatic carbocycles. The maximum Gasteiger partial charge on any atom is 0.305 e. The minimum Gasteiger partial charge on any atom is -0.497 e. The molecule has 44 heavy (non-hydrogen) atoms. The van der Waals surface area contributed by atoms with E-state index in [4.69, 9.17) is 14.9 Å². The predicted molar refractivity (Wildman–Crippen MR) is 151 cm³/mol. The highest BCUT2D eigenvalue weighted by atomic mass is 16.5. The van der Waals surface area contributed by atoms with Crippen LogP contribution < -0.4 is 31.3 Å². The van der Waals surface area contributed by atoms with Crippen LogP contribution in [0.5, 0.6) is 5.75 Å². The van der Waals surface area contributed by atoms with Gasteiger partial charge in [-0.3, -0.25) is 38.4 Å². The van der Waals surface area contributed by atoms with Gasteiger partial charge in [0.05, 0.1) is 20.0 Å². The van der Waals surface area contributed by atoms with Gasteiger partial charge in [0.15, 0.2) is 0 Å². The van der Waals surface area contributed by atoms with E-state index in [9.17, 15) is 43.5 Å². The van der Waals surface area contributed by atoms with Gasteiger partial charge in [0.25, 0.3) is 0 Å². The van der Waals surface area contributed by atoms with Crippen LogP contribution in [0, 0.1) is 5.92 Å². The van der Waals surface area contributed by atoms with Gasteiger partial charge in [0.2, 0.25) is 29.5 Å². The molecule has 0 fully saturated rings. The van der Waals surface area contributed by atoms with Crippen LogP contribution in [0.2, 0.25) is 0 Å². The summed E-state index contributed by atoms with van der Waals surface area (Å²) in [4.78, 5) is 97.2. The number of methoxy groups -OCH3 is 1. The number of carbonyl (C=O) groups excluding carboxylic acids is 5. The summed E-state index contributed by atoms with van der Waals surface area (Å²) in [6, 6.07) is -0.0485. The molecule has 1 aromatic carbocycles. The molecule has 4 atom stereocenters. The van der Waals surface area contributed by atoms with Crippen molar-refractivity contribution in [1.29, 1.82) is 0 Å². The zero-order valence-electron chi connectivity index (χ0n) is 24.5. The number of amides is 5. The van der Waals surface area contributed by atoms with Gasteiger partial charge in [0.1, 0.15) is 29.9 Å². The van der Waals surface area contributed by atoms with Crippen molar-refractivity contribution >= 4 is 53.1 Å². The molecule has 0 aromatic heterocycles. The van der Waals surface area contributed by atoms with Gasteiger partial charge in [-0.25, -0.2) is 0 Å². The van der Waals surface area contributed by atoms with Crippen LogP contribution in [-0.2, 0) is 38.4 Å². The van der Waals surface area contributed by atoms with Crippen molar-refractivity contribution in [2.45, 2.75) is 70.6 Å². The molecule has 1 aromatic rings. The van der Waals surface area contributed by atoms with E-state index >= 15 is 0 Å². The van der Waals surface area contributed by atoms with Gasteiger partial charge in [-0.15, -0.1) is 0 Å². The Morgan fingerprint density at radius 2 is 1.18 bits per heavy atom. The molecular formula is C27H37N5O12. The number of anilines is 1. The first-order valence-electron chi connectivity index (χ1n) is 13.3. The maximum atomic E-state index is 13.2. The molecule has 0 spiro atoms. The van der Waals surface area contributed by atoms with Crippen molar-refractivity contribution in [1.82, 2.24) is 21.3 Å². The number of hydrogen-bond donors (Lipinski definition) is 8. The van der Waals surface area contributed by atoms with Crippen LogP contribution in [0.15, 0.2) is 24.3 Å². The highest BCUT2D eigenvalue weighted by molar-refractivity contribution is 6.00. The Morgan fingerprint density at radius 3 is 1.64 bits per heavy atom. The largest absolute Gasteiger partial charge is 0.497 e. The van der Waals surface area contributed by atoms with Crippen molar-refractivity contribution < 1.29 is 58.4 Å². The minimum absolute atomic E-state index is 0.284. The average molecular weight is 624 g/mol. The molecule has 0 radical (unpaired) electrons. The normalized spacial score (nSPS) is 13.3. The molecule has 0 aliphatic heterocycles. The molecule has 0 heterocycles. The van der Waals surface area contributed by atoms with Gasteiger partial charge in [-0.2, -0.15) is 0 Å². The Kier molecular flexibility index (Phi) is 14.8. The van der Waals surface area contributed by atoms with E-state index in [0.717, 1.165) is 6.92 Å². The fourth-order valence-corrected chi connectivity index (χ4v) is 3.78. The summed E-state index contributed by atoms with van der Waals surface area (Å²) < 4.78 is 5.04. The third kappa shape index (κ3) is 13.2. The second-order valence-corrected chi connectivity index (χ2v) is 9.95. The summed E-state index contributed by atoms with van der Waals surface area (Å²) in [6.07, 6.45) is -2.71. The third-order valence-corrected chi connectivity index (χ3v) is 5.97. The van der Waals surface area contributed by atoms with Gasteiger partial charge in [-0.1, -0.05) is 13.8 Å². The molecule has 0 saturated carbocycles. The van der Waals surface area contributed by atoms with E-state index in [1.165, 1.54) is 33.1 Å². The topological polar surface area (TPSA) is 267 Å². The summed E-state index contributed by atoms with van der Waals surface area (Å²) in [7, 11) is 1.44. The first kappa shape index (κ1) is 36.8. The molecule has 0 saturated heterocycles. The summed E-state index contributed by atoms with van der Waals surface area (Å²) in [6.45, 7) is 4.09. The lowest BCUT2D eigenvalue weighted by atomic mass is 10.0. The number of nitrogens with one attached hydrogen (secondary N) is 5. The molecule has 17 nitrogen and oxygen atoms in total. The molecule has 17 heteroatoms. The number of hydrogen-bond acceptors (Lipinski definition) is 9. The zero-order valence-corrected chi connectivity index (χ0v) is 24.5. The third-order valence-electron chi connectivity index (χ3n) is 5.97. The first-order chi connectivity index (χ1) is 20.5. The smallest absolute Gasteiger partial charge is 0.305 e. The van der Waals surface area contributed by atoms with Crippen LogP contribution in [0.4, 0.5) is 5.69 Å². The van der Waals surface area contributed by atoms with E-state index in [1.807, 2.05) is 0 Å². The van der Waals surface area contributed by atoms with Gasteiger partial charge >= 0.3 is 17.9 Å². The van der Waals surface area contributed by atoms with Crippen LogP contribution in [0.3, 0.4) is 0 Å². The molecule has 8 N–H and O–H groups in total. The summed E-state index contributed by atoms with van der Waals surface area (Å²) >= 11 is 0. The highest BCUT2D eigenvalue weighted by Crippen LogP contribution is 2.16. The lowest BCUT2D eigenvalue weighted by Gasteiger charge is -2.27. The van der Waals surface area contributed by atoms with Gasteiger partial charge in [0, 0.05) is 19.0 Å². The van der Waals surface area contributed by atoms with Crippen LogP contribution in [0.25, 0.3) is 0 Å². The predicted octanol–water partition coefficient (Wildman–Crippen LogP) is -0.937. The Bertz CT molecular complexity index is 1220. The first-order valence-corrected chi connectivity index (χ1v) is 13.3. The monoisotopic (exact) mass is 623 g/mol. The summed E-state index contributed by atoms with van der Waals surface area (Å²) in [5, 5.41) is 39.0. The molecule has 0 aliphatic rings. The van der Waals surface area contributed by atoms with Crippen molar-refractivity contribution in [2.24, 2.45) is 5.92 Å². The van der Waals surface area contributed by atoms with Crippen molar-refractivity contribution in [3.8, 4) is 5.75 Å². The number of rotatable bonds is 18. The highest BCUT2D eigenvalue weighted by Gasteiger charge is 2.33. The van der Waals surface area contributed by atoms with Crippen molar-refractivity contribution in [3.05, 3.63) is 24.3 Å². The van der Waals surface area contributed by atoms with Crippen LogP contribution >= 0.6 is 0 Å². The molecule has 0 bridgehead atoms. The van der Waals surface area contributed by atoms with E-state index in [-0.39, 0.29) is 5.69 Å².